The van der Waals surface area contributed by atoms with Gasteiger partial charge >= 0.3 is 5.69 Å². The van der Waals surface area contributed by atoms with Crippen molar-refractivity contribution in [2.45, 2.75) is 31.8 Å². The third-order valence-corrected chi connectivity index (χ3v) is 6.79. The highest BCUT2D eigenvalue weighted by molar-refractivity contribution is 5.78. The molecule has 7 heteroatoms. The summed E-state index contributed by atoms with van der Waals surface area (Å²) in [6, 6.07) is 8.18. The van der Waals surface area contributed by atoms with E-state index in [0.717, 1.165) is 23.7 Å². The van der Waals surface area contributed by atoms with Gasteiger partial charge in [-0.3, -0.25) is 13.9 Å². The predicted octanol–water partition coefficient (Wildman–Crippen LogP) is 2.12. The molecule has 5 rings (SSSR count). The van der Waals surface area contributed by atoms with Gasteiger partial charge in [0, 0.05) is 37.9 Å². The molecular weight excluding hydrogens is 356 g/mol. The number of methoxy groups -OCH3 is 1. The number of benzene rings is 1. The summed E-state index contributed by atoms with van der Waals surface area (Å²) in [4.78, 5) is 25.1. The number of fused-ring (bicyclic) bond motifs is 6. The molecule has 7 nitrogen and oxygen atoms in total. The SMILES string of the molecule is COc1ccc2c(c1)C(C)(C)[C@@H]1Cn3c(cc4c(=O)n(C)c(=O)n(C)c43)[C@@H]1N2. The van der Waals surface area contributed by atoms with Crippen LogP contribution in [-0.4, -0.2) is 20.8 Å². The number of aromatic nitrogens is 3. The van der Waals surface area contributed by atoms with Crippen LogP contribution in [0.1, 0.15) is 31.1 Å². The second-order valence-electron chi connectivity index (χ2n) is 8.48. The number of anilines is 1. The predicted molar refractivity (Wildman–Crippen MR) is 108 cm³/mol. The van der Waals surface area contributed by atoms with E-state index < -0.39 is 0 Å². The van der Waals surface area contributed by atoms with Gasteiger partial charge in [-0.25, -0.2) is 4.79 Å². The zero-order valence-electron chi connectivity index (χ0n) is 16.7. The molecule has 2 aliphatic rings. The molecule has 2 aliphatic heterocycles. The minimum atomic E-state index is -0.298. The Balaban J connectivity index is 1.74. The lowest BCUT2D eigenvalue weighted by Crippen LogP contribution is -2.40. The molecule has 0 saturated carbocycles. The number of hydrogen-bond acceptors (Lipinski definition) is 4. The summed E-state index contributed by atoms with van der Waals surface area (Å²) in [5, 5.41) is 4.27. The van der Waals surface area contributed by atoms with Crippen molar-refractivity contribution in [2.75, 3.05) is 12.4 Å². The zero-order chi connectivity index (χ0) is 20.0. The van der Waals surface area contributed by atoms with Crippen LogP contribution in [0.3, 0.4) is 0 Å². The van der Waals surface area contributed by atoms with Crippen LogP contribution in [0, 0.1) is 5.92 Å². The fourth-order valence-electron chi connectivity index (χ4n) is 5.11. The zero-order valence-corrected chi connectivity index (χ0v) is 16.7. The Kier molecular flexibility index (Phi) is 3.25. The quantitative estimate of drug-likeness (QED) is 0.702. The number of ether oxygens (including phenoxy) is 1. The standard InChI is InChI=1S/C21H24N4O3/c1-21(2)13-8-11(28-5)6-7-15(13)22-17-14(21)10-25-16(17)9-12-18(25)23(3)20(27)24(4)19(12)26/h6-9,14,17,22H,10H2,1-5H3/t14-,17-/m1/s1. The van der Waals surface area contributed by atoms with Crippen molar-refractivity contribution in [2.24, 2.45) is 20.0 Å². The Morgan fingerprint density at radius 3 is 2.61 bits per heavy atom. The van der Waals surface area contributed by atoms with Crippen molar-refractivity contribution < 1.29 is 4.74 Å². The molecule has 0 saturated heterocycles. The van der Waals surface area contributed by atoms with Gasteiger partial charge in [0.15, 0.2) is 0 Å². The highest BCUT2D eigenvalue weighted by Gasteiger charge is 2.48. The first-order chi connectivity index (χ1) is 13.3. The van der Waals surface area contributed by atoms with Gasteiger partial charge in [0.2, 0.25) is 0 Å². The van der Waals surface area contributed by atoms with Gasteiger partial charge in [-0.1, -0.05) is 13.8 Å². The summed E-state index contributed by atoms with van der Waals surface area (Å²) >= 11 is 0. The second-order valence-corrected chi connectivity index (χ2v) is 8.48. The van der Waals surface area contributed by atoms with E-state index in [-0.39, 0.29) is 22.7 Å². The first-order valence-corrected chi connectivity index (χ1v) is 9.50. The highest BCUT2D eigenvalue weighted by atomic mass is 16.5. The molecule has 0 bridgehead atoms. The monoisotopic (exact) mass is 380 g/mol. The topological polar surface area (TPSA) is 70.2 Å². The van der Waals surface area contributed by atoms with Crippen molar-refractivity contribution in [1.82, 2.24) is 13.7 Å². The molecule has 0 aliphatic carbocycles. The van der Waals surface area contributed by atoms with E-state index in [0.29, 0.717) is 17.0 Å². The average Bonchev–Trinajstić information content (AvgIpc) is 3.22. The van der Waals surface area contributed by atoms with Gasteiger partial charge in [-0.2, -0.15) is 0 Å². The fourth-order valence-corrected chi connectivity index (χ4v) is 5.11. The minimum absolute atomic E-state index is 0.0862. The lowest BCUT2D eigenvalue weighted by Gasteiger charge is -2.42. The summed E-state index contributed by atoms with van der Waals surface area (Å²) in [5.74, 6) is 1.15. The number of aryl methyl sites for hydroxylation is 1. The van der Waals surface area contributed by atoms with Gasteiger partial charge in [-0.05, 0) is 35.2 Å². The van der Waals surface area contributed by atoms with E-state index in [1.807, 2.05) is 12.1 Å². The Morgan fingerprint density at radius 2 is 1.89 bits per heavy atom. The third kappa shape index (κ3) is 1.94. The minimum Gasteiger partial charge on any atom is -0.497 e. The second kappa shape index (κ2) is 5.31. The molecule has 0 amide bonds. The van der Waals surface area contributed by atoms with Crippen molar-refractivity contribution in [3.63, 3.8) is 0 Å². The van der Waals surface area contributed by atoms with Gasteiger partial charge in [-0.15, -0.1) is 0 Å². The highest BCUT2D eigenvalue weighted by Crippen LogP contribution is 2.53. The van der Waals surface area contributed by atoms with Crippen LogP contribution >= 0.6 is 0 Å². The van der Waals surface area contributed by atoms with Crippen LogP contribution in [0.4, 0.5) is 5.69 Å². The largest absolute Gasteiger partial charge is 0.497 e. The number of hydrogen-bond donors (Lipinski definition) is 1. The maximum absolute atomic E-state index is 12.7. The number of nitrogens with zero attached hydrogens (tertiary/aromatic N) is 3. The van der Waals surface area contributed by atoms with Crippen LogP contribution in [0.2, 0.25) is 0 Å². The molecule has 2 aromatic heterocycles. The lowest BCUT2D eigenvalue weighted by molar-refractivity contribution is 0.273. The van der Waals surface area contributed by atoms with Crippen LogP contribution < -0.4 is 21.3 Å². The molecule has 0 radical (unpaired) electrons. The molecule has 2 atom stereocenters. The molecule has 3 aromatic rings. The van der Waals surface area contributed by atoms with Gasteiger partial charge < -0.3 is 14.6 Å². The normalized spacial score (nSPS) is 21.8. The summed E-state index contributed by atoms with van der Waals surface area (Å²) in [5.41, 5.74) is 3.46. The third-order valence-electron chi connectivity index (χ3n) is 6.79. The summed E-state index contributed by atoms with van der Waals surface area (Å²) in [6.07, 6.45) is 0. The first-order valence-electron chi connectivity index (χ1n) is 9.50. The maximum atomic E-state index is 12.7. The van der Waals surface area contributed by atoms with Crippen LogP contribution in [0.5, 0.6) is 5.75 Å². The van der Waals surface area contributed by atoms with Gasteiger partial charge in [0.25, 0.3) is 5.56 Å². The van der Waals surface area contributed by atoms with Gasteiger partial charge in [0.1, 0.15) is 11.4 Å². The van der Waals surface area contributed by atoms with E-state index in [4.69, 9.17) is 4.74 Å². The summed E-state index contributed by atoms with van der Waals surface area (Å²) < 4.78 is 10.3. The van der Waals surface area contributed by atoms with Crippen LogP contribution in [-0.2, 0) is 26.1 Å². The summed E-state index contributed by atoms with van der Waals surface area (Å²) in [7, 11) is 4.95. The number of nitrogens with one attached hydrogen (secondary N) is 1. The molecule has 0 spiro atoms. The lowest BCUT2D eigenvalue weighted by atomic mass is 9.67. The summed E-state index contributed by atoms with van der Waals surface area (Å²) in [6.45, 7) is 5.27. The Morgan fingerprint density at radius 1 is 1.14 bits per heavy atom. The molecule has 0 unspecified atom stereocenters. The van der Waals surface area contributed by atoms with E-state index in [9.17, 15) is 9.59 Å². The molecule has 146 valence electrons. The Hall–Kier alpha value is -2.96. The van der Waals surface area contributed by atoms with E-state index in [1.54, 1.807) is 18.7 Å². The molecule has 4 heterocycles. The number of rotatable bonds is 1. The Labute approximate surface area is 162 Å². The van der Waals surface area contributed by atoms with E-state index >= 15 is 0 Å². The Bertz CT molecular complexity index is 1260. The molecule has 0 fully saturated rings. The van der Waals surface area contributed by atoms with Crippen LogP contribution in [0.25, 0.3) is 11.0 Å². The van der Waals surface area contributed by atoms with Crippen molar-refractivity contribution >= 4 is 16.7 Å². The van der Waals surface area contributed by atoms with Gasteiger partial charge in [0.05, 0.1) is 18.5 Å². The first kappa shape index (κ1) is 17.2. The molecule has 28 heavy (non-hydrogen) atoms. The van der Waals surface area contributed by atoms with Crippen molar-refractivity contribution in [1.29, 1.82) is 0 Å². The van der Waals surface area contributed by atoms with Crippen LogP contribution in [0.15, 0.2) is 33.9 Å². The molecule has 1 aromatic carbocycles. The van der Waals surface area contributed by atoms with Crippen molar-refractivity contribution in [3.8, 4) is 5.75 Å². The average molecular weight is 380 g/mol. The molecular formula is C21H24N4O3. The maximum Gasteiger partial charge on any atom is 0.332 e. The molecule has 1 N–H and O–H groups in total. The van der Waals surface area contributed by atoms with E-state index in [1.165, 1.54) is 17.2 Å². The van der Waals surface area contributed by atoms with E-state index in [2.05, 4.69) is 35.9 Å². The fraction of sp³-hybridized carbons (Fsp3) is 0.429. The van der Waals surface area contributed by atoms with Crippen molar-refractivity contribution in [3.05, 3.63) is 56.4 Å². The smallest absolute Gasteiger partial charge is 0.332 e.